The molecule has 1 aliphatic carbocycles. The summed E-state index contributed by atoms with van der Waals surface area (Å²) < 4.78 is 1.98. The molecule has 0 radical (unpaired) electrons. The molecule has 0 saturated heterocycles. The molecular formula is C12H18N4. The summed E-state index contributed by atoms with van der Waals surface area (Å²) in [5.74, 6) is 0. The molecule has 1 aromatic rings. The van der Waals surface area contributed by atoms with Crippen molar-refractivity contribution < 1.29 is 0 Å². The van der Waals surface area contributed by atoms with E-state index in [0.29, 0.717) is 6.04 Å². The monoisotopic (exact) mass is 218 g/mol. The summed E-state index contributed by atoms with van der Waals surface area (Å²) in [7, 11) is 0. The zero-order chi connectivity index (χ0) is 11.5. The van der Waals surface area contributed by atoms with Crippen molar-refractivity contribution in [1.82, 2.24) is 15.1 Å². The predicted molar refractivity (Wildman–Crippen MR) is 61.9 cm³/mol. The smallest absolute Gasteiger partial charge is 0.0972 e. The van der Waals surface area contributed by atoms with E-state index in [1.54, 1.807) is 0 Å². The van der Waals surface area contributed by atoms with Crippen molar-refractivity contribution in [2.75, 3.05) is 0 Å². The van der Waals surface area contributed by atoms with Gasteiger partial charge in [0.05, 0.1) is 17.8 Å². The van der Waals surface area contributed by atoms with Crippen molar-refractivity contribution in [3.05, 3.63) is 17.5 Å². The van der Waals surface area contributed by atoms with Crippen molar-refractivity contribution in [2.45, 2.75) is 51.7 Å². The van der Waals surface area contributed by atoms with Gasteiger partial charge in [0.1, 0.15) is 0 Å². The third-order valence-corrected chi connectivity index (χ3v) is 2.90. The molecule has 0 amide bonds. The molecular weight excluding hydrogens is 200 g/mol. The van der Waals surface area contributed by atoms with Crippen LogP contribution in [0.2, 0.25) is 0 Å². The molecule has 16 heavy (non-hydrogen) atoms. The van der Waals surface area contributed by atoms with Crippen LogP contribution in [0.4, 0.5) is 0 Å². The summed E-state index contributed by atoms with van der Waals surface area (Å²) in [4.78, 5) is 0. The Bertz CT molecular complexity index is 398. The van der Waals surface area contributed by atoms with E-state index in [4.69, 9.17) is 5.26 Å². The Kier molecular flexibility index (Phi) is 3.25. The van der Waals surface area contributed by atoms with E-state index in [1.165, 1.54) is 18.5 Å². The van der Waals surface area contributed by atoms with Gasteiger partial charge in [-0.15, -0.1) is 0 Å². The van der Waals surface area contributed by atoms with E-state index in [2.05, 4.69) is 29.5 Å². The van der Waals surface area contributed by atoms with Gasteiger partial charge in [-0.3, -0.25) is 10.00 Å². The first-order chi connectivity index (χ1) is 7.69. The second kappa shape index (κ2) is 4.67. The number of hydrogen-bond donors (Lipinski definition) is 1. The lowest BCUT2D eigenvalue weighted by Crippen LogP contribution is -2.30. The molecule has 1 aliphatic rings. The number of hydrogen-bond acceptors (Lipinski definition) is 3. The van der Waals surface area contributed by atoms with Gasteiger partial charge in [0.15, 0.2) is 0 Å². The molecule has 1 saturated carbocycles. The summed E-state index contributed by atoms with van der Waals surface area (Å²) >= 11 is 0. The van der Waals surface area contributed by atoms with Crippen molar-refractivity contribution in [2.24, 2.45) is 0 Å². The van der Waals surface area contributed by atoms with Gasteiger partial charge in [0, 0.05) is 18.3 Å². The van der Waals surface area contributed by atoms with E-state index >= 15 is 0 Å². The molecule has 86 valence electrons. The van der Waals surface area contributed by atoms with Crippen LogP contribution in [-0.4, -0.2) is 21.9 Å². The third-order valence-electron chi connectivity index (χ3n) is 2.90. The SMILES string of the molecule is Cc1cc(C)n(CCC(C#N)NC2CC2)n1. The molecule has 0 aliphatic heterocycles. The fourth-order valence-electron chi connectivity index (χ4n) is 1.87. The van der Waals surface area contributed by atoms with E-state index in [-0.39, 0.29) is 6.04 Å². The van der Waals surface area contributed by atoms with E-state index in [9.17, 15) is 0 Å². The molecule has 0 spiro atoms. The molecule has 1 unspecified atom stereocenters. The van der Waals surface area contributed by atoms with Gasteiger partial charge in [-0.05, 0) is 39.2 Å². The number of nitriles is 1. The quantitative estimate of drug-likeness (QED) is 0.815. The van der Waals surface area contributed by atoms with Gasteiger partial charge in [-0.25, -0.2) is 0 Å². The van der Waals surface area contributed by atoms with Gasteiger partial charge >= 0.3 is 0 Å². The maximum absolute atomic E-state index is 9.01. The fourth-order valence-corrected chi connectivity index (χ4v) is 1.87. The molecule has 4 nitrogen and oxygen atoms in total. The lowest BCUT2D eigenvalue weighted by atomic mass is 10.2. The normalized spacial score (nSPS) is 17.1. The fraction of sp³-hybridized carbons (Fsp3) is 0.667. The van der Waals surface area contributed by atoms with Crippen LogP contribution in [0.5, 0.6) is 0 Å². The van der Waals surface area contributed by atoms with Crippen molar-refractivity contribution >= 4 is 0 Å². The Labute approximate surface area is 96.3 Å². The molecule has 1 fully saturated rings. The van der Waals surface area contributed by atoms with Gasteiger partial charge in [-0.2, -0.15) is 10.4 Å². The van der Waals surface area contributed by atoms with Gasteiger partial charge in [-0.1, -0.05) is 0 Å². The number of aromatic nitrogens is 2. The lowest BCUT2D eigenvalue weighted by Gasteiger charge is -2.11. The van der Waals surface area contributed by atoms with Crippen molar-refractivity contribution in [3.63, 3.8) is 0 Å². The number of nitrogens with one attached hydrogen (secondary N) is 1. The van der Waals surface area contributed by atoms with Gasteiger partial charge in [0.25, 0.3) is 0 Å². The van der Waals surface area contributed by atoms with Crippen LogP contribution in [0, 0.1) is 25.2 Å². The van der Waals surface area contributed by atoms with Crippen LogP contribution < -0.4 is 5.32 Å². The van der Waals surface area contributed by atoms with E-state index < -0.39 is 0 Å². The highest BCUT2D eigenvalue weighted by molar-refractivity contribution is 5.06. The second-order valence-corrected chi connectivity index (χ2v) is 4.56. The lowest BCUT2D eigenvalue weighted by molar-refractivity contribution is 0.484. The first kappa shape index (κ1) is 11.2. The summed E-state index contributed by atoms with van der Waals surface area (Å²) in [5.41, 5.74) is 2.21. The molecule has 1 N–H and O–H groups in total. The van der Waals surface area contributed by atoms with Crippen LogP contribution in [0.25, 0.3) is 0 Å². The third kappa shape index (κ3) is 2.83. The summed E-state index contributed by atoms with van der Waals surface area (Å²) in [6, 6.07) is 4.94. The zero-order valence-corrected chi connectivity index (χ0v) is 9.90. The van der Waals surface area contributed by atoms with Crippen LogP contribution in [-0.2, 0) is 6.54 Å². The van der Waals surface area contributed by atoms with Gasteiger partial charge < -0.3 is 0 Å². The van der Waals surface area contributed by atoms with E-state index in [0.717, 1.165) is 18.7 Å². The number of aryl methyl sites for hydroxylation is 3. The number of nitrogens with zero attached hydrogens (tertiary/aromatic N) is 3. The van der Waals surface area contributed by atoms with Crippen LogP contribution in [0.3, 0.4) is 0 Å². The van der Waals surface area contributed by atoms with Crippen LogP contribution >= 0.6 is 0 Å². The Morgan fingerprint density at radius 3 is 2.88 bits per heavy atom. The Hall–Kier alpha value is -1.34. The average molecular weight is 218 g/mol. The first-order valence-electron chi connectivity index (χ1n) is 5.86. The molecule has 1 atom stereocenters. The Morgan fingerprint density at radius 2 is 2.38 bits per heavy atom. The maximum Gasteiger partial charge on any atom is 0.0972 e. The minimum absolute atomic E-state index is 0.0311. The molecule has 0 aromatic carbocycles. The molecule has 1 aromatic heterocycles. The number of rotatable bonds is 5. The zero-order valence-electron chi connectivity index (χ0n) is 9.90. The topological polar surface area (TPSA) is 53.6 Å². The second-order valence-electron chi connectivity index (χ2n) is 4.56. The first-order valence-corrected chi connectivity index (χ1v) is 5.86. The molecule has 1 heterocycles. The largest absolute Gasteiger partial charge is 0.299 e. The highest BCUT2D eigenvalue weighted by atomic mass is 15.3. The Balaban J connectivity index is 1.85. The molecule has 2 rings (SSSR count). The Morgan fingerprint density at radius 1 is 1.62 bits per heavy atom. The van der Waals surface area contributed by atoms with Crippen LogP contribution in [0.15, 0.2) is 6.07 Å². The van der Waals surface area contributed by atoms with Crippen molar-refractivity contribution in [1.29, 1.82) is 5.26 Å². The molecule has 0 bridgehead atoms. The summed E-state index contributed by atoms with van der Waals surface area (Å²) in [6.07, 6.45) is 3.27. The minimum Gasteiger partial charge on any atom is -0.299 e. The summed E-state index contributed by atoms with van der Waals surface area (Å²) in [5, 5.41) is 16.7. The maximum atomic E-state index is 9.01. The average Bonchev–Trinajstić information content (AvgIpc) is 3.00. The van der Waals surface area contributed by atoms with Gasteiger partial charge in [0.2, 0.25) is 0 Å². The predicted octanol–water partition coefficient (Wildman–Crippen LogP) is 1.53. The minimum atomic E-state index is -0.0311. The summed E-state index contributed by atoms with van der Waals surface area (Å²) in [6.45, 7) is 4.86. The highest BCUT2D eigenvalue weighted by Crippen LogP contribution is 2.20. The van der Waals surface area contributed by atoms with Crippen molar-refractivity contribution in [3.8, 4) is 6.07 Å². The molecule has 4 heteroatoms. The van der Waals surface area contributed by atoms with E-state index in [1.807, 2.05) is 11.6 Å². The highest BCUT2D eigenvalue weighted by Gasteiger charge is 2.24. The van der Waals surface area contributed by atoms with Crippen LogP contribution in [0.1, 0.15) is 30.7 Å². The standard InChI is InChI=1S/C12H18N4/c1-9-7-10(2)16(15-9)6-5-12(8-13)14-11-3-4-11/h7,11-12,14H,3-6H2,1-2H3.